The number of rotatable bonds is 0. The van der Waals surface area contributed by atoms with Gasteiger partial charge in [0.25, 0.3) is 0 Å². The monoisotopic (exact) mass is 234 g/mol. The molecule has 1 aliphatic carbocycles. The van der Waals surface area contributed by atoms with Gasteiger partial charge in [-0.15, -0.1) is 0 Å². The number of alkyl halides is 1. The molecule has 1 heteroatoms. The largest absolute Gasteiger partial charge is 0.0743 e. The summed E-state index contributed by atoms with van der Waals surface area (Å²) in [7, 11) is 0. The minimum atomic E-state index is 0.372. The van der Waals surface area contributed by atoms with Crippen molar-refractivity contribution in [1.82, 2.24) is 0 Å². The molecular formula is C8H11I. The van der Waals surface area contributed by atoms with E-state index in [0.717, 1.165) is 0 Å². The number of hydrogen-bond acceptors (Lipinski definition) is 0. The minimum absolute atomic E-state index is 0.372. The SMILES string of the molecule is CC1=CC=C[C@@](C)(I)C1. The van der Waals surface area contributed by atoms with Crippen molar-refractivity contribution in [2.45, 2.75) is 23.7 Å². The van der Waals surface area contributed by atoms with Crippen molar-refractivity contribution in [2.75, 3.05) is 0 Å². The summed E-state index contributed by atoms with van der Waals surface area (Å²) in [6, 6.07) is 0. The Morgan fingerprint density at radius 1 is 1.67 bits per heavy atom. The average molecular weight is 234 g/mol. The maximum atomic E-state index is 2.48. The number of hydrogen-bond donors (Lipinski definition) is 0. The maximum Gasteiger partial charge on any atom is 0.0412 e. The van der Waals surface area contributed by atoms with Crippen molar-refractivity contribution in [3.05, 3.63) is 23.8 Å². The van der Waals surface area contributed by atoms with Crippen LogP contribution in [0.1, 0.15) is 20.3 Å². The summed E-state index contributed by atoms with van der Waals surface area (Å²) in [6.45, 7) is 4.43. The third kappa shape index (κ3) is 2.12. The van der Waals surface area contributed by atoms with E-state index in [4.69, 9.17) is 0 Å². The van der Waals surface area contributed by atoms with E-state index in [-0.39, 0.29) is 0 Å². The average Bonchev–Trinajstić information content (AvgIpc) is 1.60. The second-order valence-electron chi connectivity index (χ2n) is 2.83. The molecule has 0 N–H and O–H groups in total. The van der Waals surface area contributed by atoms with Gasteiger partial charge in [-0.05, 0) is 20.3 Å². The Kier molecular flexibility index (Phi) is 1.99. The highest BCUT2D eigenvalue weighted by molar-refractivity contribution is 14.1. The second-order valence-corrected chi connectivity index (χ2v) is 5.29. The lowest BCUT2D eigenvalue weighted by Gasteiger charge is -2.20. The molecule has 0 nitrogen and oxygen atoms in total. The minimum Gasteiger partial charge on any atom is -0.0743 e. The van der Waals surface area contributed by atoms with Crippen molar-refractivity contribution >= 4 is 22.6 Å². The van der Waals surface area contributed by atoms with Crippen LogP contribution in [0.3, 0.4) is 0 Å². The molecule has 0 aromatic carbocycles. The summed E-state index contributed by atoms with van der Waals surface area (Å²) in [5.74, 6) is 0. The van der Waals surface area contributed by atoms with Gasteiger partial charge in [0.05, 0.1) is 0 Å². The lowest BCUT2D eigenvalue weighted by Crippen LogP contribution is -2.13. The maximum absolute atomic E-state index is 2.48. The van der Waals surface area contributed by atoms with E-state index >= 15 is 0 Å². The number of allylic oxidation sites excluding steroid dienone is 4. The molecule has 9 heavy (non-hydrogen) atoms. The van der Waals surface area contributed by atoms with Crippen LogP contribution in [-0.2, 0) is 0 Å². The summed E-state index contributed by atoms with van der Waals surface area (Å²) in [5.41, 5.74) is 1.48. The Morgan fingerprint density at radius 3 is 2.67 bits per heavy atom. The fourth-order valence-corrected chi connectivity index (χ4v) is 1.89. The van der Waals surface area contributed by atoms with E-state index in [1.54, 1.807) is 0 Å². The molecule has 0 saturated carbocycles. The predicted octanol–water partition coefficient (Wildman–Crippen LogP) is 3.09. The first-order chi connectivity index (χ1) is 4.10. The molecule has 0 spiro atoms. The predicted molar refractivity (Wildman–Crippen MR) is 49.9 cm³/mol. The van der Waals surface area contributed by atoms with Gasteiger partial charge in [0.15, 0.2) is 0 Å². The quantitative estimate of drug-likeness (QED) is 0.446. The van der Waals surface area contributed by atoms with Crippen LogP contribution in [0.4, 0.5) is 0 Å². The smallest absolute Gasteiger partial charge is 0.0412 e. The lowest BCUT2D eigenvalue weighted by atomic mass is 9.97. The van der Waals surface area contributed by atoms with Gasteiger partial charge in [0.2, 0.25) is 0 Å². The van der Waals surface area contributed by atoms with Crippen molar-refractivity contribution in [2.24, 2.45) is 0 Å². The lowest BCUT2D eigenvalue weighted by molar-refractivity contribution is 0.798. The molecule has 0 fully saturated rings. The third-order valence-electron chi connectivity index (χ3n) is 1.45. The standard InChI is InChI=1S/C8H11I/c1-7-4-3-5-8(2,9)6-7/h3-5H,6H2,1-2H3/t8-/m1/s1. The Hall–Kier alpha value is 0.210. The zero-order valence-corrected chi connectivity index (χ0v) is 7.97. The Labute approximate surface area is 70.2 Å². The van der Waals surface area contributed by atoms with Crippen molar-refractivity contribution in [3.8, 4) is 0 Å². The Morgan fingerprint density at radius 2 is 2.33 bits per heavy atom. The van der Waals surface area contributed by atoms with Crippen LogP contribution in [0.25, 0.3) is 0 Å². The molecular weight excluding hydrogens is 223 g/mol. The van der Waals surface area contributed by atoms with Crippen LogP contribution in [-0.4, -0.2) is 3.42 Å². The van der Waals surface area contributed by atoms with Crippen LogP contribution in [0.2, 0.25) is 0 Å². The Bertz CT molecular complexity index is 163. The highest BCUT2D eigenvalue weighted by atomic mass is 127. The van der Waals surface area contributed by atoms with Crippen molar-refractivity contribution in [1.29, 1.82) is 0 Å². The molecule has 0 unspecified atom stereocenters. The summed E-state index contributed by atoms with van der Waals surface area (Å²) < 4.78 is 0.372. The molecule has 0 aliphatic heterocycles. The van der Waals surface area contributed by atoms with E-state index in [1.165, 1.54) is 12.0 Å². The van der Waals surface area contributed by atoms with E-state index < -0.39 is 0 Å². The number of halogens is 1. The molecule has 1 atom stereocenters. The van der Waals surface area contributed by atoms with Gasteiger partial charge < -0.3 is 0 Å². The summed E-state index contributed by atoms with van der Waals surface area (Å²) >= 11 is 2.48. The van der Waals surface area contributed by atoms with E-state index in [0.29, 0.717) is 3.42 Å². The molecule has 50 valence electrons. The molecule has 0 radical (unpaired) electrons. The summed E-state index contributed by atoms with van der Waals surface area (Å²) in [5, 5.41) is 0. The van der Waals surface area contributed by atoms with Gasteiger partial charge >= 0.3 is 0 Å². The first kappa shape index (κ1) is 7.32. The molecule has 0 heterocycles. The summed E-state index contributed by atoms with van der Waals surface area (Å²) in [4.78, 5) is 0. The molecule has 0 amide bonds. The highest BCUT2D eigenvalue weighted by Crippen LogP contribution is 2.30. The topological polar surface area (TPSA) is 0 Å². The van der Waals surface area contributed by atoms with Gasteiger partial charge in [0.1, 0.15) is 0 Å². The zero-order valence-electron chi connectivity index (χ0n) is 5.82. The van der Waals surface area contributed by atoms with Gasteiger partial charge in [-0.3, -0.25) is 0 Å². The first-order valence-electron chi connectivity index (χ1n) is 3.14. The summed E-state index contributed by atoms with van der Waals surface area (Å²) in [6.07, 6.45) is 7.77. The van der Waals surface area contributed by atoms with E-state index in [9.17, 15) is 0 Å². The van der Waals surface area contributed by atoms with Crippen LogP contribution >= 0.6 is 22.6 Å². The second kappa shape index (κ2) is 2.45. The highest BCUT2D eigenvalue weighted by Gasteiger charge is 2.17. The zero-order chi connectivity index (χ0) is 6.91. The molecule has 1 rings (SSSR count). The van der Waals surface area contributed by atoms with Gasteiger partial charge in [0, 0.05) is 3.42 Å². The van der Waals surface area contributed by atoms with Crippen LogP contribution in [0.5, 0.6) is 0 Å². The normalized spacial score (nSPS) is 34.3. The molecule has 0 aromatic heterocycles. The van der Waals surface area contributed by atoms with E-state index in [2.05, 4.69) is 54.7 Å². The molecule has 0 saturated heterocycles. The first-order valence-corrected chi connectivity index (χ1v) is 4.22. The van der Waals surface area contributed by atoms with Gasteiger partial charge in [-0.2, -0.15) is 0 Å². The fraction of sp³-hybridized carbons (Fsp3) is 0.500. The van der Waals surface area contributed by atoms with Crippen LogP contribution in [0, 0.1) is 0 Å². The van der Waals surface area contributed by atoms with Crippen molar-refractivity contribution < 1.29 is 0 Å². The van der Waals surface area contributed by atoms with Crippen molar-refractivity contribution in [3.63, 3.8) is 0 Å². The molecule has 0 bridgehead atoms. The van der Waals surface area contributed by atoms with Gasteiger partial charge in [-0.1, -0.05) is 46.4 Å². The van der Waals surface area contributed by atoms with E-state index in [1.807, 2.05) is 0 Å². The van der Waals surface area contributed by atoms with Crippen LogP contribution < -0.4 is 0 Å². The van der Waals surface area contributed by atoms with Crippen LogP contribution in [0.15, 0.2) is 23.8 Å². The fourth-order valence-electron chi connectivity index (χ4n) is 1.08. The molecule has 1 aliphatic rings. The Balaban J connectivity index is 2.73. The van der Waals surface area contributed by atoms with Gasteiger partial charge in [-0.25, -0.2) is 0 Å². The third-order valence-corrected chi connectivity index (χ3v) is 2.19. The molecule has 0 aromatic rings.